The van der Waals surface area contributed by atoms with Crippen LogP contribution in [0.2, 0.25) is 0 Å². The van der Waals surface area contributed by atoms with Gasteiger partial charge >= 0.3 is 0 Å². The van der Waals surface area contributed by atoms with Crippen molar-refractivity contribution in [2.24, 2.45) is 5.73 Å². The fourth-order valence-electron chi connectivity index (χ4n) is 6.47. The number of amides is 2. The topological polar surface area (TPSA) is 146 Å². The van der Waals surface area contributed by atoms with E-state index in [1.807, 2.05) is 83.9 Å². The van der Waals surface area contributed by atoms with Gasteiger partial charge in [-0.05, 0) is 60.5 Å². The van der Waals surface area contributed by atoms with Crippen molar-refractivity contribution in [2.75, 3.05) is 19.0 Å². The molecular formula is C45H40FN7O5. The molecule has 1 aliphatic rings. The monoisotopic (exact) mass is 777 g/mol. The number of aromatic nitrogens is 3. The normalized spacial score (nSPS) is 12.1. The van der Waals surface area contributed by atoms with E-state index in [1.165, 1.54) is 22.4 Å². The molecule has 3 heterocycles. The maximum atomic E-state index is 15.2. The molecule has 292 valence electrons. The van der Waals surface area contributed by atoms with Crippen LogP contribution in [-0.2, 0) is 17.9 Å². The molecule has 0 saturated carbocycles. The highest BCUT2D eigenvalue weighted by Gasteiger charge is 2.24. The number of carbonyl (C=O) groups is 2. The first-order chi connectivity index (χ1) is 28.2. The van der Waals surface area contributed by atoms with Crippen molar-refractivity contribution >= 4 is 28.4 Å². The van der Waals surface area contributed by atoms with Crippen LogP contribution in [0.15, 0.2) is 156 Å². The zero-order valence-electron chi connectivity index (χ0n) is 31.8. The zero-order chi connectivity index (χ0) is 40.6. The number of benzene rings is 5. The number of halogens is 1. The molecule has 0 radical (unpaired) electrons. The first-order valence-corrected chi connectivity index (χ1v) is 18.4. The van der Waals surface area contributed by atoms with Gasteiger partial charge in [0.2, 0.25) is 5.91 Å². The number of methoxy groups -OCH3 is 1. The van der Waals surface area contributed by atoms with Crippen LogP contribution >= 0.6 is 0 Å². The van der Waals surface area contributed by atoms with Gasteiger partial charge in [0.25, 0.3) is 11.5 Å². The van der Waals surface area contributed by atoms with Crippen molar-refractivity contribution in [3.63, 3.8) is 0 Å². The number of nitrogens with zero attached hydrogens (tertiary/aromatic N) is 4. The summed E-state index contributed by atoms with van der Waals surface area (Å²) in [6.07, 6.45) is 3.33. The lowest BCUT2D eigenvalue weighted by Crippen LogP contribution is -2.28. The molecule has 0 atom stereocenters. The predicted octanol–water partition coefficient (Wildman–Crippen LogP) is 7.11. The molecule has 2 aromatic heterocycles. The van der Waals surface area contributed by atoms with E-state index >= 15 is 4.39 Å². The molecule has 0 saturated heterocycles. The number of fused-ring (bicyclic) bond motifs is 1. The number of anilines is 1. The van der Waals surface area contributed by atoms with Crippen LogP contribution in [0.1, 0.15) is 27.2 Å². The van der Waals surface area contributed by atoms with Gasteiger partial charge in [0.05, 0.1) is 37.1 Å². The molecule has 13 heteroatoms. The Balaban J connectivity index is 0.000000286. The van der Waals surface area contributed by atoms with Gasteiger partial charge in [0.1, 0.15) is 17.1 Å². The van der Waals surface area contributed by atoms with Crippen LogP contribution in [0, 0.1) is 12.7 Å². The van der Waals surface area contributed by atoms with Crippen LogP contribution in [0.25, 0.3) is 16.6 Å². The number of pyridine rings is 1. The molecule has 0 bridgehead atoms. The predicted molar refractivity (Wildman–Crippen MR) is 220 cm³/mol. The standard InChI is InChI=1S/C34H27FN4O4.C11H13N3O/c1-22-32(34(41)39(25-11-7-4-8-12-25)38(22)21-23-9-5-3-6-10-23)33(40)37-24-13-16-31(28(35)19-24)43-30-17-18-36-29-20-26(42-2)14-15-27(29)30;12-11(15)10-6-13-14(8-10)7-9-4-2-1-3-5-9/h3-20H,21H2,1-2H3,(H,37,40);1-5,8,13H,6-7H2,(H2,12,15). The lowest BCUT2D eigenvalue weighted by Gasteiger charge is -2.15. The van der Waals surface area contributed by atoms with E-state index in [2.05, 4.69) is 15.7 Å². The molecule has 4 N–H and O–H groups in total. The number of hydrogen-bond donors (Lipinski definition) is 3. The van der Waals surface area contributed by atoms with Gasteiger partial charge in [-0.2, -0.15) is 0 Å². The third-order valence-electron chi connectivity index (χ3n) is 9.42. The highest BCUT2D eigenvalue weighted by molar-refractivity contribution is 6.05. The van der Waals surface area contributed by atoms with Crippen molar-refractivity contribution in [3.05, 3.63) is 190 Å². The summed E-state index contributed by atoms with van der Waals surface area (Å²) in [6.45, 7) is 3.35. The number of ether oxygens (including phenoxy) is 2. The third kappa shape index (κ3) is 8.80. The minimum absolute atomic E-state index is 0.0285. The van der Waals surface area contributed by atoms with Gasteiger partial charge in [0.15, 0.2) is 11.6 Å². The fraction of sp³-hybridized carbons (Fsp3) is 0.111. The summed E-state index contributed by atoms with van der Waals surface area (Å²) in [6, 6.07) is 39.9. The number of primary amides is 1. The van der Waals surface area contributed by atoms with Crippen molar-refractivity contribution < 1.29 is 23.5 Å². The maximum absolute atomic E-state index is 15.2. The summed E-state index contributed by atoms with van der Waals surface area (Å²) in [7, 11) is 1.57. The maximum Gasteiger partial charge on any atom is 0.284 e. The van der Waals surface area contributed by atoms with Gasteiger partial charge in [0, 0.05) is 47.7 Å². The Hall–Kier alpha value is -7.51. The largest absolute Gasteiger partial charge is 0.497 e. The van der Waals surface area contributed by atoms with Crippen LogP contribution < -0.4 is 31.5 Å². The number of carbonyl (C=O) groups excluding carboxylic acids is 2. The van der Waals surface area contributed by atoms with Gasteiger partial charge in [-0.25, -0.2) is 14.5 Å². The molecule has 8 rings (SSSR count). The lowest BCUT2D eigenvalue weighted by atomic mass is 10.2. The number of rotatable bonds is 11. The molecule has 5 aromatic carbocycles. The number of nitrogens with two attached hydrogens (primary N) is 1. The highest BCUT2D eigenvalue weighted by Crippen LogP contribution is 2.33. The van der Waals surface area contributed by atoms with Crippen LogP contribution in [-0.4, -0.2) is 44.8 Å². The van der Waals surface area contributed by atoms with Gasteiger partial charge in [-0.3, -0.25) is 24.0 Å². The SMILES string of the molecule is COc1ccc2c(Oc3ccc(NC(=O)c4c(C)n(Cc5ccccc5)n(-c5ccccc5)c4=O)cc3F)ccnc2c1.NC(=O)C1=CN(Cc2ccccc2)NC1. The first-order valence-electron chi connectivity index (χ1n) is 18.4. The van der Waals surface area contributed by atoms with E-state index in [1.54, 1.807) is 67.5 Å². The average Bonchev–Trinajstić information content (AvgIpc) is 3.81. The summed E-state index contributed by atoms with van der Waals surface area (Å²) in [5.41, 5.74) is 12.5. The average molecular weight is 778 g/mol. The van der Waals surface area contributed by atoms with E-state index in [4.69, 9.17) is 15.2 Å². The fourth-order valence-corrected chi connectivity index (χ4v) is 6.47. The van der Waals surface area contributed by atoms with Crippen LogP contribution in [0.5, 0.6) is 17.2 Å². The molecular weight excluding hydrogens is 738 g/mol. The second-order valence-electron chi connectivity index (χ2n) is 13.3. The zero-order valence-corrected chi connectivity index (χ0v) is 31.8. The lowest BCUT2D eigenvalue weighted by molar-refractivity contribution is -0.114. The molecule has 0 aliphatic carbocycles. The molecule has 7 aromatic rings. The summed E-state index contributed by atoms with van der Waals surface area (Å²) in [5, 5.41) is 5.24. The highest BCUT2D eigenvalue weighted by atomic mass is 19.1. The molecule has 0 spiro atoms. The quantitative estimate of drug-likeness (QED) is 0.126. The number of hydrogen-bond acceptors (Lipinski definition) is 8. The molecule has 1 aliphatic heterocycles. The number of nitrogens with one attached hydrogen (secondary N) is 2. The van der Waals surface area contributed by atoms with Crippen molar-refractivity contribution in [1.82, 2.24) is 24.8 Å². The second-order valence-corrected chi connectivity index (χ2v) is 13.3. The summed E-state index contributed by atoms with van der Waals surface area (Å²) in [4.78, 5) is 42.4. The number of hydrazine groups is 1. The van der Waals surface area contributed by atoms with Crippen molar-refractivity contribution in [3.8, 4) is 22.9 Å². The molecule has 12 nitrogen and oxygen atoms in total. The Morgan fingerprint density at radius 1 is 0.845 bits per heavy atom. The summed E-state index contributed by atoms with van der Waals surface area (Å²) in [5.74, 6) is -0.654. The van der Waals surface area contributed by atoms with E-state index in [0.717, 1.165) is 18.2 Å². The van der Waals surface area contributed by atoms with Crippen LogP contribution in [0.3, 0.4) is 0 Å². The van der Waals surface area contributed by atoms with E-state index < -0.39 is 17.3 Å². The van der Waals surface area contributed by atoms with E-state index in [-0.39, 0.29) is 22.9 Å². The van der Waals surface area contributed by atoms with Gasteiger partial charge in [-0.1, -0.05) is 78.9 Å². The minimum atomic E-state index is -0.684. The second kappa shape index (κ2) is 17.5. The van der Waals surface area contributed by atoms with Gasteiger partial charge < -0.3 is 25.5 Å². The van der Waals surface area contributed by atoms with Crippen molar-refractivity contribution in [1.29, 1.82) is 0 Å². The molecule has 0 fully saturated rings. The first kappa shape index (κ1) is 38.8. The minimum Gasteiger partial charge on any atom is -0.497 e. The van der Waals surface area contributed by atoms with Crippen molar-refractivity contribution in [2.45, 2.75) is 20.0 Å². The Morgan fingerprint density at radius 2 is 1.52 bits per heavy atom. The number of para-hydroxylation sites is 1. The van der Waals surface area contributed by atoms with Gasteiger partial charge in [-0.15, -0.1) is 0 Å². The van der Waals surface area contributed by atoms with E-state index in [9.17, 15) is 14.4 Å². The molecule has 2 amide bonds. The van der Waals surface area contributed by atoms with Crippen LogP contribution in [0.4, 0.5) is 10.1 Å². The Morgan fingerprint density at radius 3 is 2.16 bits per heavy atom. The molecule has 0 unspecified atom stereocenters. The Kier molecular flexibility index (Phi) is 11.7. The van der Waals surface area contributed by atoms with E-state index in [0.29, 0.717) is 52.4 Å². The summed E-state index contributed by atoms with van der Waals surface area (Å²) < 4.78 is 29.6. The summed E-state index contributed by atoms with van der Waals surface area (Å²) >= 11 is 0. The molecule has 58 heavy (non-hydrogen) atoms. The Labute approximate surface area is 333 Å². The third-order valence-corrected chi connectivity index (χ3v) is 9.42. The Bertz CT molecular complexity index is 2660. The smallest absolute Gasteiger partial charge is 0.284 e.